The third-order valence-corrected chi connectivity index (χ3v) is 4.87. The van der Waals surface area contributed by atoms with Gasteiger partial charge in [0.15, 0.2) is 12.4 Å². The number of hydrogen-bond donors (Lipinski definition) is 0. The Morgan fingerprint density at radius 1 is 1.10 bits per heavy atom. The molecule has 0 saturated heterocycles. The molecule has 0 aliphatic rings. The Bertz CT molecular complexity index is 1290. The van der Waals surface area contributed by atoms with E-state index < -0.39 is 5.63 Å². The van der Waals surface area contributed by atoms with Gasteiger partial charge in [0.1, 0.15) is 17.1 Å². The molecule has 0 unspecified atom stereocenters. The Balaban J connectivity index is 1.56. The Labute approximate surface area is 166 Å². The largest absolute Gasteiger partial charge is 0.485 e. The van der Waals surface area contributed by atoms with Gasteiger partial charge in [-0.1, -0.05) is 5.16 Å². The molecule has 148 valence electrons. The molecule has 29 heavy (non-hydrogen) atoms. The van der Waals surface area contributed by atoms with Gasteiger partial charge in [-0.3, -0.25) is 9.36 Å². The van der Waals surface area contributed by atoms with E-state index in [2.05, 4.69) is 5.16 Å². The standard InChI is InChI=1S/C22H20N2O5/c1-12-7-22(26)28-20-10-16(5-6-17(12)20)27-11-19(25)18-8-13(2)24(15(18)4)21-9-14(3)29-23-21/h5-10H,11H2,1-4H3. The molecule has 0 aliphatic carbocycles. The summed E-state index contributed by atoms with van der Waals surface area (Å²) in [4.78, 5) is 24.3. The fourth-order valence-corrected chi connectivity index (χ4v) is 3.48. The van der Waals surface area contributed by atoms with E-state index in [4.69, 9.17) is 13.7 Å². The van der Waals surface area contributed by atoms with Crippen LogP contribution < -0.4 is 10.4 Å². The number of benzene rings is 1. The summed E-state index contributed by atoms with van der Waals surface area (Å²) in [5.41, 5.74) is 3.05. The van der Waals surface area contributed by atoms with Crippen molar-refractivity contribution in [1.82, 2.24) is 9.72 Å². The fourth-order valence-electron chi connectivity index (χ4n) is 3.48. The molecule has 4 rings (SSSR count). The van der Waals surface area contributed by atoms with Crippen LogP contribution in [0.5, 0.6) is 5.75 Å². The van der Waals surface area contributed by atoms with Gasteiger partial charge in [0.05, 0.1) is 0 Å². The molecule has 0 radical (unpaired) electrons. The lowest BCUT2D eigenvalue weighted by molar-refractivity contribution is 0.0921. The molecular weight excluding hydrogens is 372 g/mol. The Kier molecular flexibility index (Phi) is 4.58. The summed E-state index contributed by atoms with van der Waals surface area (Å²) < 4.78 is 17.9. The first-order chi connectivity index (χ1) is 13.8. The molecule has 0 amide bonds. The molecule has 0 N–H and O–H groups in total. The zero-order valence-corrected chi connectivity index (χ0v) is 16.6. The monoisotopic (exact) mass is 392 g/mol. The van der Waals surface area contributed by atoms with E-state index >= 15 is 0 Å². The molecular formula is C22H20N2O5. The van der Waals surface area contributed by atoms with Crippen LogP contribution in [0.4, 0.5) is 0 Å². The van der Waals surface area contributed by atoms with Crippen LogP contribution in [-0.2, 0) is 0 Å². The first-order valence-electron chi connectivity index (χ1n) is 9.16. The van der Waals surface area contributed by atoms with Gasteiger partial charge in [0.25, 0.3) is 0 Å². The minimum atomic E-state index is -0.418. The summed E-state index contributed by atoms with van der Waals surface area (Å²) in [6, 6.07) is 10.3. The van der Waals surface area contributed by atoms with Gasteiger partial charge in [0, 0.05) is 40.5 Å². The number of aromatic nitrogens is 2. The normalized spacial score (nSPS) is 11.2. The van der Waals surface area contributed by atoms with Crippen molar-refractivity contribution >= 4 is 16.8 Å². The van der Waals surface area contributed by atoms with Crippen molar-refractivity contribution in [2.45, 2.75) is 27.7 Å². The highest BCUT2D eigenvalue weighted by atomic mass is 16.5. The first kappa shape index (κ1) is 18.7. The maximum absolute atomic E-state index is 12.8. The number of carbonyl (C=O) groups is 1. The average Bonchev–Trinajstić information content (AvgIpc) is 3.21. The number of Topliss-reactive ketones (excluding diaryl/α,β-unsaturated/α-hetero) is 1. The van der Waals surface area contributed by atoms with Gasteiger partial charge in [-0.05, 0) is 51.5 Å². The van der Waals surface area contributed by atoms with Crippen molar-refractivity contribution < 1.29 is 18.5 Å². The van der Waals surface area contributed by atoms with Crippen LogP contribution in [0.25, 0.3) is 16.8 Å². The highest BCUT2D eigenvalue weighted by Crippen LogP contribution is 2.24. The number of carbonyl (C=O) groups excluding carboxylic acids is 1. The van der Waals surface area contributed by atoms with Crippen LogP contribution in [0.1, 0.15) is 33.1 Å². The molecule has 0 aliphatic heterocycles. The molecule has 0 atom stereocenters. The number of rotatable bonds is 5. The molecule has 7 heteroatoms. The van der Waals surface area contributed by atoms with E-state index in [-0.39, 0.29) is 12.4 Å². The minimum Gasteiger partial charge on any atom is -0.485 e. The van der Waals surface area contributed by atoms with Crippen molar-refractivity contribution in [3.05, 3.63) is 75.1 Å². The van der Waals surface area contributed by atoms with Crippen molar-refractivity contribution in [3.63, 3.8) is 0 Å². The number of aryl methyl sites for hydroxylation is 3. The summed E-state index contributed by atoms with van der Waals surface area (Å²) in [6.07, 6.45) is 0. The van der Waals surface area contributed by atoms with Gasteiger partial charge >= 0.3 is 5.63 Å². The van der Waals surface area contributed by atoms with Crippen molar-refractivity contribution in [3.8, 4) is 11.6 Å². The third kappa shape index (κ3) is 3.47. The molecule has 0 fully saturated rings. The summed E-state index contributed by atoms with van der Waals surface area (Å²) in [7, 11) is 0. The van der Waals surface area contributed by atoms with E-state index in [1.807, 2.05) is 50.5 Å². The van der Waals surface area contributed by atoms with Crippen molar-refractivity contribution in [1.29, 1.82) is 0 Å². The summed E-state index contributed by atoms with van der Waals surface area (Å²) in [5.74, 6) is 1.63. The first-order valence-corrected chi connectivity index (χ1v) is 9.16. The van der Waals surface area contributed by atoms with Crippen LogP contribution >= 0.6 is 0 Å². The van der Waals surface area contributed by atoms with E-state index in [1.165, 1.54) is 6.07 Å². The Morgan fingerprint density at radius 3 is 2.62 bits per heavy atom. The average molecular weight is 392 g/mol. The topological polar surface area (TPSA) is 87.5 Å². The van der Waals surface area contributed by atoms with Gasteiger partial charge in [0.2, 0.25) is 5.78 Å². The molecule has 1 aromatic carbocycles. The predicted octanol–water partition coefficient (Wildman–Crippen LogP) is 4.07. The zero-order chi connectivity index (χ0) is 20.7. The summed E-state index contributed by atoms with van der Waals surface area (Å²) in [5, 5.41) is 4.85. The van der Waals surface area contributed by atoms with E-state index in [0.717, 1.165) is 22.3 Å². The number of fused-ring (bicyclic) bond motifs is 1. The SMILES string of the molecule is Cc1cc(-n2c(C)cc(C(=O)COc3ccc4c(C)cc(=O)oc4c3)c2C)no1. The Morgan fingerprint density at radius 2 is 1.90 bits per heavy atom. The maximum atomic E-state index is 12.8. The lowest BCUT2D eigenvalue weighted by Gasteiger charge is -2.08. The summed E-state index contributed by atoms with van der Waals surface area (Å²) >= 11 is 0. The number of nitrogens with zero attached hydrogens (tertiary/aromatic N) is 2. The van der Waals surface area contributed by atoms with Crippen LogP contribution in [0.3, 0.4) is 0 Å². The zero-order valence-electron chi connectivity index (χ0n) is 16.6. The minimum absolute atomic E-state index is 0.135. The van der Waals surface area contributed by atoms with E-state index in [9.17, 15) is 9.59 Å². The molecule has 7 nitrogen and oxygen atoms in total. The number of ether oxygens (including phenoxy) is 1. The molecule has 0 bridgehead atoms. The second-order valence-electron chi connectivity index (χ2n) is 7.03. The van der Waals surface area contributed by atoms with Crippen molar-refractivity contribution in [2.75, 3.05) is 6.61 Å². The van der Waals surface area contributed by atoms with Crippen LogP contribution in [0.2, 0.25) is 0 Å². The van der Waals surface area contributed by atoms with Gasteiger partial charge in [-0.15, -0.1) is 0 Å². The van der Waals surface area contributed by atoms with Gasteiger partial charge < -0.3 is 13.7 Å². The van der Waals surface area contributed by atoms with E-state index in [0.29, 0.717) is 28.5 Å². The second kappa shape index (κ2) is 7.09. The molecule has 0 saturated carbocycles. The maximum Gasteiger partial charge on any atom is 0.336 e. The molecule has 0 spiro atoms. The number of hydrogen-bond acceptors (Lipinski definition) is 6. The van der Waals surface area contributed by atoms with Crippen LogP contribution in [0, 0.1) is 27.7 Å². The molecule has 3 heterocycles. The highest BCUT2D eigenvalue weighted by Gasteiger charge is 2.19. The van der Waals surface area contributed by atoms with E-state index in [1.54, 1.807) is 12.1 Å². The Hall–Kier alpha value is -3.61. The summed E-state index contributed by atoms with van der Waals surface area (Å²) in [6.45, 7) is 7.29. The lowest BCUT2D eigenvalue weighted by Crippen LogP contribution is -2.13. The fraction of sp³-hybridized carbons (Fsp3) is 0.227. The smallest absolute Gasteiger partial charge is 0.336 e. The third-order valence-electron chi connectivity index (χ3n) is 4.87. The van der Waals surface area contributed by atoms with Crippen LogP contribution in [-0.4, -0.2) is 22.1 Å². The van der Waals surface area contributed by atoms with Crippen molar-refractivity contribution in [2.24, 2.45) is 0 Å². The highest BCUT2D eigenvalue weighted by molar-refractivity contribution is 5.98. The van der Waals surface area contributed by atoms with Crippen LogP contribution in [0.15, 0.2) is 50.1 Å². The second-order valence-corrected chi connectivity index (χ2v) is 7.03. The number of ketones is 1. The molecule has 3 aromatic heterocycles. The quantitative estimate of drug-likeness (QED) is 0.376. The van der Waals surface area contributed by atoms with Gasteiger partial charge in [-0.2, -0.15) is 0 Å². The van der Waals surface area contributed by atoms with Gasteiger partial charge in [-0.25, -0.2) is 4.79 Å². The molecule has 4 aromatic rings. The predicted molar refractivity (Wildman–Crippen MR) is 107 cm³/mol. The lowest BCUT2D eigenvalue weighted by atomic mass is 10.1.